The number of sulfonamides is 1. The molecule has 0 fully saturated rings. The Morgan fingerprint density at radius 1 is 1.07 bits per heavy atom. The van der Waals surface area contributed by atoms with E-state index < -0.39 is 10.0 Å². The fourth-order valence-electron chi connectivity index (χ4n) is 2.49. The van der Waals surface area contributed by atoms with Gasteiger partial charge in [0.2, 0.25) is 0 Å². The van der Waals surface area contributed by atoms with Gasteiger partial charge in [-0.2, -0.15) is 0 Å². The van der Waals surface area contributed by atoms with Crippen molar-refractivity contribution in [2.75, 3.05) is 17.5 Å². The molecule has 146 valence electrons. The predicted molar refractivity (Wildman–Crippen MR) is 106 cm³/mol. The highest BCUT2D eigenvalue weighted by Gasteiger charge is 2.23. The lowest BCUT2D eigenvalue weighted by molar-refractivity contribution is -0.123. The summed E-state index contributed by atoms with van der Waals surface area (Å²) in [5.41, 5.74) is 0.540. The van der Waals surface area contributed by atoms with E-state index in [1.807, 2.05) is 13.8 Å². The van der Waals surface area contributed by atoms with Crippen LogP contribution < -0.4 is 14.4 Å². The summed E-state index contributed by atoms with van der Waals surface area (Å²) >= 11 is 0. The van der Waals surface area contributed by atoms with E-state index in [0.29, 0.717) is 18.0 Å². The SMILES string of the molecule is CCC(C)NC(=O)COc1ccc(N(CC)S(=O)(=O)c2ccccc2)cc1. The molecule has 6 nitrogen and oxygen atoms in total. The van der Waals surface area contributed by atoms with E-state index in [1.54, 1.807) is 61.5 Å². The van der Waals surface area contributed by atoms with Gasteiger partial charge in [-0.3, -0.25) is 9.10 Å². The van der Waals surface area contributed by atoms with E-state index in [-0.39, 0.29) is 23.5 Å². The van der Waals surface area contributed by atoms with E-state index in [1.165, 1.54) is 4.31 Å². The second-order valence-electron chi connectivity index (χ2n) is 6.14. The number of benzene rings is 2. The van der Waals surface area contributed by atoms with Crippen LogP contribution in [0, 0.1) is 0 Å². The summed E-state index contributed by atoms with van der Waals surface area (Å²) in [5, 5.41) is 2.83. The monoisotopic (exact) mass is 390 g/mol. The van der Waals surface area contributed by atoms with Crippen LogP contribution in [0.4, 0.5) is 5.69 Å². The maximum atomic E-state index is 12.8. The molecule has 1 unspecified atom stereocenters. The minimum Gasteiger partial charge on any atom is -0.484 e. The molecule has 2 aromatic rings. The van der Waals surface area contributed by atoms with Crippen LogP contribution in [-0.4, -0.2) is 33.5 Å². The van der Waals surface area contributed by atoms with Crippen molar-refractivity contribution < 1.29 is 17.9 Å². The quantitative estimate of drug-likeness (QED) is 0.713. The van der Waals surface area contributed by atoms with Crippen LogP contribution in [0.2, 0.25) is 0 Å². The molecule has 2 rings (SSSR count). The third-order valence-electron chi connectivity index (χ3n) is 4.13. The van der Waals surface area contributed by atoms with Crippen molar-refractivity contribution in [2.24, 2.45) is 0 Å². The fraction of sp³-hybridized carbons (Fsp3) is 0.350. The predicted octanol–water partition coefficient (Wildman–Crippen LogP) is 3.20. The first kappa shape index (κ1) is 20.8. The van der Waals surface area contributed by atoms with E-state index in [0.717, 1.165) is 6.42 Å². The number of nitrogens with zero attached hydrogens (tertiary/aromatic N) is 1. The third kappa shape index (κ3) is 5.47. The molecule has 0 aliphatic rings. The van der Waals surface area contributed by atoms with Gasteiger partial charge >= 0.3 is 0 Å². The lowest BCUT2D eigenvalue weighted by atomic mass is 10.2. The zero-order valence-electron chi connectivity index (χ0n) is 15.9. The lowest BCUT2D eigenvalue weighted by Crippen LogP contribution is -2.35. The number of anilines is 1. The van der Waals surface area contributed by atoms with Gasteiger partial charge in [-0.1, -0.05) is 25.1 Å². The molecule has 0 heterocycles. The number of carbonyl (C=O) groups excluding carboxylic acids is 1. The van der Waals surface area contributed by atoms with Crippen LogP contribution in [-0.2, 0) is 14.8 Å². The Bertz CT molecular complexity index is 836. The molecule has 1 N–H and O–H groups in total. The summed E-state index contributed by atoms with van der Waals surface area (Å²) in [4.78, 5) is 12.0. The smallest absolute Gasteiger partial charge is 0.264 e. The van der Waals surface area contributed by atoms with Crippen molar-refractivity contribution in [2.45, 2.75) is 38.1 Å². The summed E-state index contributed by atoms with van der Waals surface area (Å²) in [6.45, 7) is 5.93. The largest absolute Gasteiger partial charge is 0.484 e. The molecule has 27 heavy (non-hydrogen) atoms. The molecule has 0 radical (unpaired) electrons. The average Bonchev–Trinajstić information content (AvgIpc) is 2.68. The van der Waals surface area contributed by atoms with Gasteiger partial charge in [0.05, 0.1) is 10.6 Å². The van der Waals surface area contributed by atoms with Crippen molar-refractivity contribution >= 4 is 21.6 Å². The highest BCUT2D eigenvalue weighted by molar-refractivity contribution is 7.92. The number of carbonyl (C=O) groups is 1. The number of hydrogen-bond acceptors (Lipinski definition) is 4. The minimum atomic E-state index is -3.63. The fourth-order valence-corrected chi connectivity index (χ4v) is 3.98. The number of nitrogens with one attached hydrogen (secondary N) is 1. The molecule has 0 spiro atoms. The highest BCUT2D eigenvalue weighted by atomic mass is 32.2. The molecular formula is C20H26N2O4S. The first-order valence-corrected chi connectivity index (χ1v) is 10.4. The maximum absolute atomic E-state index is 12.8. The maximum Gasteiger partial charge on any atom is 0.264 e. The third-order valence-corrected chi connectivity index (χ3v) is 6.05. The van der Waals surface area contributed by atoms with Crippen LogP contribution >= 0.6 is 0 Å². The van der Waals surface area contributed by atoms with E-state index in [4.69, 9.17) is 4.74 Å². The summed E-state index contributed by atoms with van der Waals surface area (Å²) in [7, 11) is -3.63. The van der Waals surface area contributed by atoms with Gasteiger partial charge in [-0.05, 0) is 56.7 Å². The first-order chi connectivity index (χ1) is 12.9. The Kier molecular flexibility index (Phi) is 7.24. The van der Waals surface area contributed by atoms with Gasteiger partial charge in [0.1, 0.15) is 5.75 Å². The number of amides is 1. The summed E-state index contributed by atoms with van der Waals surface area (Å²) in [5.74, 6) is 0.321. The Morgan fingerprint density at radius 3 is 2.26 bits per heavy atom. The molecular weight excluding hydrogens is 364 g/mol. The van der Waals surface area contributed by atoms with Crippen LogP contribution in [0.25, 0.3) is 0 Å². The molecule has 1 amide bonds. The highest BCUT2D eigenvalue weighted by Crippen LogP contribution is 2.25. The normalized spacial score (nSPS) is 12.3. The van der Waals surface area contributed by atoms with E-state index in [9.17, 15) is 13.2 Å². The number of rotatable bonds is 9. The molecule has 0 aromatic heterocycles. The molecule has 0 saturated carbocycles. The molecule has 0 bridgehead atoms. The van der Waals surface area contributed by atoms with Crippen LogP contribution in [0.3, 0.4) is 0 Å². The Balaban J connectivity index is 2.08. The van der Waals surface area contributed by atoms with Crippen molar-refractivity contribution in [1.82, 2.24) is 5.32 Å². The van der Waals surface area contributed by atoms with Crippen molar-refractivity contribution in [3.63, 3.8) is 0 Å². The van der Waals surface area contributed by atoms with Gasteiger partial charge in [0, 0.05) is 12.6 Å². The van der Waals surface area contributed by atoms with Crippen LogP contribution in [0.15, 0.2) is 59.5 Å². The van der Waals surface area contributed by atoms with Crippen molar-refractivity contribution in [3.05, 3.63) is 54.6 Å². The van der Waals surface area contributed by atoms with Crippen LogP contribution in [0.5, 0.6) is 5.75 Å². The van der Waals surface area contributed by atoms with E-state index in [2.05, 4.69) is 5.32 Å². The lowest BCUT2D eigenvalue weighted by Gasteiger charge is -2.23. The Labute approximate surface area is 161 Å². The van der Waals surface area contributed by atoms with Gasteiger partial charge in [-0.15, -0.1) is 0 Å². The number of ether oxygens (including phenoxy) is 1. The topological polar surface area (TPSA) is 75.7 Å². The van der Waals surface area contributed by atoms with Crippen LogP contribution in [0.1, 0.15) is 27.2 Å². The zero-order valence-corrected chi connectivity index (χ0v) is 16.7. The summed E-state index contributed by atoms with van der Waals surface area (Å²) in [6, 6.07) is 15.1. The standard InChI is InChI=1S/C20H26N2O4S/c1-4-16(3)21-20(23)15-26-18-13-11-17(12-14-18)22(5-2)27(24,25)19-9-7-6-8-10-19/h6-14,16H,4-5,15H2,1-3H3,(H,21,23). The van der Waals surface area contributed by atoms with E-state index >= 15 is 0 Å². The van der Waals surface area contributed by atoms with Crippen molar-refractivity contribution in [3.8, 4) is 5.75 Å². The molecule has 0 saturated heterocycles. The Morgan fingerprint density at radius 2 is 1.70 bits per heavy atom. The minimum absolute atomic E-state index is 0.0799. The molecule has 1 atom stereocenters. The second-order valence-corrected chi connectivity index (χ2v) is 8.00. The second kappa shape index (κ2) is 9.41. The molecule has 0 aliphatic heterocycles. The van der Waals surface area contributed by atoms with Gasteiger partial charge in [-0.25, -0.2) is 8.42 Å². The zero-order chi connectivity index (χ0) is 19.9. The number of hydrogen-bond donors (Lipinski definition) is 1. The summed E-state index contributed by atoms with van der Waals surface area (Å²) in [6.07, 6.45) is 0.850. The molecule has 0 aliphatic carbocycles. The molecule has 7 heteroatoms. The van der Waals surface area contributed by atoms with Crippen molar-refractivity contribution in [1.29, 1.82) is 0 Å². The van der Waals surface area contributed by atoms with Gasteiger partial charge in [0.15, 0.2) is 6.61 Å². The van der Waals surface area contributed by atoms with Gasteiger partial charge in [0.25, 0.3) is 15.9 Å². The molecule has 2 aromatic carbocycles. The van der Waals surface area contributed by atoms with Gasteiger partial charge < -0.3 is 10.1 Å². The Hall–Kier alpha value is -2.54. The first-order valence-electron chi connectivity index (χ1n) is 8.98. The average molecular weight is 391 g/mol. The summed E-state index contributed by atoms with van der Waals surface area (Å²) < 4.78 is 32.5.